The first-order valence-corrected chi connectivity index (χ1v) is 5.61. The summed E-state index contributed by atoms with van der Waals surface area (Å²) in [7, 11) is 3.16. The minimum atomic E-state index is -1.20. The molecular weight excluding hydrogens is 236 g/mol. The Hall–Kier alpha value is -2.11. The van der Waals surface area contributed by atoms with E-state index in [-0.39, 0.29) is 29.1 Å². The molecule has 1 N–H and O–H groups in total. The van der Waals surface area contributed by atoms with Crippen LogP contribution in [0.4, 0.5) is 0 Å². The van der Waals surface area contributed by atoms with Crippen molar-refractivity contribution < 1.29 is 19.4 Å². The fraction of sp³-hybridized carbons (Fsp3) is 0.417. The molecule has 2 rings (SSSR count). The third-order valence-electron chi connectivity index (χ3n) is 2.50. The summed E-state index contributed by atoms with van der Waals surface area (Å²) in [6, 6.07) is 2.97. The number of ether oxygens (including phenoxy) is 1. The van der Waals surface area contributed by atoms with E-state index in [1.54, 1.807) is 14.1 Å². The van der Waals surface area contributed by atoms with Crippen LogP contribution in [0.1, 0.15) is 33.8 Å². The number of nitrogens with zero attached hydrogens (tertiary/aromatic N) is 2. The number of carboxylic acids is 1. The summed E-state index contributed by atoms with van der Waals surface area (Å²) in [6.45, 7) is 0. The number of hydrogen-bond donors (Lipinski definition) is 1. The maximum atomic E-state index is 11.7. The molecule has 6 nitrogen and oxygen atoms in total. The van der Waals surface area contributed by atoms with Crippen molar-refractivity contribution in [3.63, 3.8) is 0 Å². The minimum absolute atomic E-state index is 0.0836. The first-order chi connectivity index (χ1) is 8.49. The van der Waals surface area contributed by atoms with Crippen LogP contribution in [0.3, 0.4) is 0 Å². The summed E-state index contributed by atoms with van der Waals surface area (Å²) in [5, 5.41) is 9.08. The summed E-state index contributed by atoms with van der Waals surface area (Å²) in [4.78, 5) is 28.0. The van der Waals surface area contributed by atoms with Gasteiger partial charge in [-0.3, -0.25) is 4.79 Å². The molecule has 96 valence electrons. The van der Waals surface area contributed by atoms with Crippen molar-refractivity contribution in [2.45, 2.75) is 18.9 Å². The first kappa shape index (κ1) is 12.3. The van der Waals surface area contributed by atoms with Crippen molar-refractivity contribution in [3.8, 4) is 5.75 Å². The number of carbonyl (C=O) groups is 2. The van der Waals surface area contributed by atoms with Gasteiger partial charge in [-0.25, -0.2) is 9.78 Å². The normalized spacial score (nSPS) is 14.1. The molecule has 1 aromatic rings. The Morgan fingerprint density at radius 3 is 2.56 bits per heavy atom. The van der Waals surface area contributed by atoms with E-state index in [0.717, 1.165) is 12.8 Å². The second-order valence-electron chi connectivity index (χ2n) is 4.37. The van der Waals surface area contributed by atoms with E-state index >= 15 is 0 Å². The molecule has 1 aliphatic carbocycles. The predicted molar refractivity (Wildman–Crippen MR) is 62.9 cm³/mol. The van der Waals surface area contributed by atoms with Crippen molar-refractivity contribution >= 4 is 11.9 Å². The van der Waals surface area contributed by atoms with Crippen molar-refractivity contribution in [1.29, 1.82) is 0 Å². The molecule has 0 saturated heterocycles. The van der Waals surface area contributed by atoms with Crippen molar-refractivity contribution in [2.75, 3.05) is 14.1 Å². The molecule has 1 heterocycles. The predicted octanol–water partition coefficient (Wildman–Crippen LogP) is 1.02. The van der Waals surface area contributed by atoms with Crippen LogP contribution in [0.2, 0.25) is 0 Å². The third-order valence-corrected chi connectivity index (χ3v) is 2.50. The van der Waals surface area contributed by atoms with Gasteiger partial charge in [0.05, 0.1) is 6.10 Å². The van der Waals surface area contributed by atoms with E-state index in [1.165, 1.54) is 17.0 Å². The molecular formula is C12H14N2O4. The van der Waals surface area contributed by atoms with E-state index in [1.807, 2.05) is 0 Å². The zero-order valence-electron chi connectivity index (χ0n) is 10.2. The van der Waals surface area contributed by atoms with Crippen molar-refractivity contribution in [3.05, 3.63) is 23.5 Å². The average molecular weight is 250 g/mol. The molecule has 1 amide bonds. The SMILES string of the molecule is CN(C)C(=O)c1ccc(OC2CC2)c(C(=O)O)n1. The highest BCUT2D eigenvalue weighted by Crippen LogP contribution is 2.28. The number of rotatable bonds is 4. The van der Waals surface area contributed by atoms with Gasteiger partial charge in [0, 0.05) is 14.1 Å². The number of carbonyl (C=O) groups excluding carboxylic acids is 1. The Morgan fingerprint density at radius 1 is 1.39 bits per heavy atom. The number of aromatic carboxylic acids is 1. The lowest BCUT2D eigenvalue weighted by Crippen LogP contribution is -2.23. The van der Waals surface area contributed by atoms with Gasteiger partial charge in [-0.05, 0) is 25.0 Å². The number of aromatic nitrogens is 1. The minimum Gasteiger partial charge on any atom is -0.488 e. The average Bonchev–Trinajstić information content (AvgIpc) is 3.12. The zero-order valence-corrected chi connectivity index (χ0v) is 10.2. The molecule has 1 aliphatic rings. The highest BCUT2D eigenvalue weighted by molar-refractivity contribution is 5.95. The molecule has 1 saturated carbocycles. The highest BCUT2D eigenvalue weighted by atomic mass is 16.5. The molecule has 1 fully saturated rings. The van der Waals surface area contributed by atoms with Gasteiger partial charge < -0.3 is 14.7 Å². The Kier molecular flexibility index (Phi) is 3.18. The van der Waals surface area contributed by atoms with Crippen LogP contribution in [-0.4, -0.2) is 47.1 Å². The summed E-state index contributed by atoms with van der Waals surface area (Å²) in [6.07, 6.45) is 1.94. The molecule has 18 heavy (non-hydrogen) atoms. The van der Waals surface area contributed by atoms with Gasteiger partial charge in [0.25, 0.3) is 5.91 Å². The first-order valence-electron chi connectivity index (χ1n) is 5.61. The number of amides is 1. The fourth-order valence-electron chi connectivity index (χ4n) is 1.41. The van der Waals surface area contributed by atoms with Gasteiger partial charge in [-0.1, -0.05) is 0 Å². The molecule has 0 aromatic carbocycles. The lowest BCUT2D eigenvalue weighted by atomic mass is 10.2. The largest absolute Gasteiger partial charge is 0.488 e. The Labute approximate surface area is 104 Å². The van der Waals surface area contributed by atoms with Crippen LogP contribution < -0.4 is 4.74 Å². The van der Waals surface area contributed by atoms with Crippen LogP contribution in [0.25, 0.3) is 0 Å². The molecule has 0 radical (unpaired) electrons. The van der Waals surface area contributed by atoms with Crippen LogP contribution in [0.5, 0.6) is 5.75 Å². The van der Waals surface area contributed by atoms with Gasteiger partial charge in [0.15, 0.2) is 11.4 Å². The topological polar surface area (TPSA) is 79.7 Å². The van der Waals surface area contributed by atoms with E-state index in [4.69, 9.17) is 9.84 Å². The van der Waals surface area contributed by atoms with Crippen LogP contribution in [-0.2, 0) is 0 Å². The Balaban J connectivity index is 2.32. The molecule has 6 heteroatoms. The Bertz CT molecular complexity index is 495. The van der Waals surface area contributed by atoms with Gasteiger partial charge in [-0.2, -0.15) is 0 Å². The maximum absolute atomic E-state index is 11.7. The summed E-state index contributed by atoms with van der Waals surface area (Å²) in [5.74, 6) is -1.31. The highest BCUT2D eigenvalue weighted by Gasteiger charge is 2.27. The molecule has 1 aromatic heterocycles. The van der Waals surface area contributed by atoms with Gasteiger partial charge in [-0.15, -0.1) is 0 Å². The van der Waals surface area contributed by atoms with E-state index in [9.17, 15) is 9.59 Å². The van der Waals surface area contributed by atoms with Crippen LogP contribution in [0, 0.1) is 0 Å². The molecule has 0 atom stereocenters. The summed E-state index contributed by atoms with van der Waals surface area (Å²) < 4.78 is 5.44. The summed E-state index contributed by atoms with van der Waals surface area (Å²) >= 11 is 0. The van der Waals surface area contributed by atoms with Gasteiger partial charge >= 0.3 is 5.97 Å². The lowest BCUT2D eigenvalue weighted by Gasteiger charge is -2.12. The molecule has 0 spiro atoms. The smallest absolute Gasteiger partial charge is 0.358 e. The van der Waals surface area contributed by atoms with Crippen LogP contribution >= 0.6 is 0 Å². The van der Waals surface area contributed by atoms with Crippen molar-refractivity contribution in [1.82, 2.24) is 9.88 Å². The van der Waals surface area contributed by atoms with E-state index < -0.39 is 5.97 Å². The maximum Gasteiger partial charge on any atom is 0.358 e. The van der Waals surface area contributed by atoms with Gasteiger partial charge in [0.2, 0.25) is 0 Å². The molecule has 0 unspecified atom stereocenters. The van der Waals surface area contributed by atoms with E-state index in [2.05, 4.69) is 4.98 Å². The second-order valence-corrected chi connectivity index (χ2v) is 4.37. The fourth-order valence-corrected chi connectivity index (χ4v) is 1.41. The van der Waals surface area contributed by atoms with E-state index in [0.29, 0.717) is 0 Å². The summed E-state index contributed by atoms with van der Waals surface area (Å²) in [5.41, 5.74) is -0.116. The number of pyridine rings is 1. The second kappa shape index (κ2) is 4.64. The lowest BCUT2D eigenvalue weighted by molar-refractivity contribution is 0.0684. The zero-order chi connectivity index (χ0) is 13.3. The number of hydrogen-bond acceptors (Lipinski definition) is 4. The third kappa shape index (κ3) is 2.58. The standard InChI is InChI=1S/C12H14N2O4/c1-14(2)11(15)8-5-6-9(18-7-3-4-7)10(13-8)12(16)17/h5-7H,3-4H2,1-2H3,(H,16,17). The van der Waals surface area contributed by atoms with Crippen LogP contribution in [0.15, 0.2) is 12.1 Å². The molecule has 0 bridgehead atoms. The molecule has 0 aliphatic heterocycles. The number of carboxylic acid groups (broad SMARTS) is 1. The monoisotopic (exact) mass is 250 g/mol. The van der Waals surface area contributed by atoms with Crippen molar-refractivity contribution in [2.24, 2.45) is 0 Å². The quantitative estimate of drug-likeness (QED) is 0.863. The Morgan fingerprint density at radius 2 is 2.06 bits per heavy atom. The van der Waals surface area contributed by atoms with Gasteiger partial charge in [0.1, 0.15) is 5.69 Å².